The van der Waals surface area contributed by atoms with Crippen LogP contribution in [-0.2, 0) is 19.5 Å². The van der Waals surface area contributed by atoms with E-state index in [1.807, 2.05) is 12.1 Å². The van der Waals surface area contributed by atoms with E-state index in [0.717, 1.165) is 12.1 Å². The number of nitro groups is 1. The second kappa shape index (κ2) is 7.79. The lowest BCUT2D eigenvalue weighted by atomic mass is 10.1. The summed E-state index contributed by atoms with van der Waals surface area (Å²) in [5.74, 6) is 0.264. The van der Waals surface area contributed by atoms with Gasteiger partial charge in [-0.25, -0.2) is 0 Å². The summed E-state index contributed by atoms with van der Waals surface area (Å²) < 4.78 is 5.61. The van der Waals surface area contributed by atoms with Crippen molar-refractivity contribution in [1.82, 2.24) is 5.32 Å². The molecule has 0 aliphatic carbocycles. The summed E-state index contributed by atoms with van der Waals surface area (Å²) in [5, 5.41) is 13.9. The van der Waals surface area contributed by atoms with Gasteiger partial charge in [-0.2, -0.15) is 0 Å². The minimum atomic E-state index is -0.447. The Balaban J connectivity index is 1.48. The van der Waals surface area contributed by atoms with E-state index in [0.29, 0.717) is 29.5 Å². The molecular weight excluding hydrogens is 370 g/mol. The molecule has 1 aromatic heterocycles. The van der Waals surface area contributed by atoms with Crippen LogP contribution in [0.2, 0.25) is 0 Å². The molecule has 1 amide bonds. The van der Waals surface area contributed by atoms with E-state index in [2.05, 4.69) is 29.3 Å². The molecule has 0 fully saturated rings. The number of fused-ring (bicyclic) bond motifs is 1. The largest absolute Gasteiger partial charge is 0.467 e. The maximum Gasteiger partial charge on any atom is 0.274 e. The van der Waals surface area contributed by atoms with Gasteiger partial charge in [0.15, 0.2) is 0 Å². The highest BCUT2D eigenvalue weighted by atomic mass is 16.6. The first-order valence-electron chi connectivity index (χ1n) is 9.46. The minimum absolute atomic E-state index is 0.0114. The number of nitro benzene ring substituents is 1. The number of hydrogen-bond donors (Lipinski definition) is 1. The summed E-state index contributed by atoms with van der Waals surface area (Å²) in [4.78, 5) is 25.7. The Morgan fingerprint density at radius 3 is 2.79 bits per heavy atom. The van der Waals surface area contributed by atoms with E-state index in [-0.39, 0.29) is 18.1 Å². The SMILES string of the molecule is CC1Cc2ccccc2N1Cc1occc1C(=O)NCc1ccccc1[N+](=O)[O-]. The number of nitrogens with one attached hydrogen (secondary N) is 1. The van der Waals surface area contributed by atoms with Crippen LogP contribution in [0.25, 0.3) is 0 Å². The van der Waals surface area contributed by atoms with Crippen LogP contribution in [0.3, 0.4) is 0 Å². The Morgan fingerprint density at radius 2 is 1.97 bits per heavy atom. The molecule has 1 aliphatic heterocycles. The fourth-order valence-electron chi connectivity index (χ4n) is 3.80. The van der Waals surface area contributed by atoms with Gasteiger partial charge in [-0.05, 0) is 31.0 Å². The third-order valence-electron chi connectivity index (χ3n) is 5.28. The van der Waals surface area contributed by atoms with Gasteiger partial charge in [0.25, 0.3) is 11.6 Å². The standard InChI is InChI=1S/C22H21N3O4/c1-15-12-16-6-2-4-8-19(16)24(15)14-21-18(10-11-29-21)22(26)23-13-17-7-3-5-9-20(17)25(27)28/h2-11,15H,12-14H2,1H3,(H,23,26). The first kappa shape index (κ1) is 18.7. The number of para-hydroxylation sites is 2. The van der Waals surface area contributed by atoms with Crippen molar-refractivity contribution in [3.05, 3.63) is 93.4 Å². The lowest BCUT2D eigenvalue weighted by Gasteiger charge is -2.24. The number of rotatable bonds is 6. The van der Waals surface area contributed by atoms with Crippen LogP contribution in [0.5, 0.6) is 0 Å². The molecule has 2 heterocycles. The number of anilines is 1. The number of amides is 1. The fourth-order valence-corrected chi connectivity index (χ4v) is 3.80. The first-order chi connectivity index (χ1) is 14.0. The number of nitrogens with zero attached hydrogens (tertiary/aromatic N) is 2. The van der Waals surface area contributed by atoms with Crippen molar-refractivity contribution in [2.75, 3.05) is 4.90 Å². The quantitative estimate of drug-likeness (QED) is 0.505. The third-order valence-corrected chi connectivity index (χ3v) is 5.28. The summed E-state index contributed by atoms with van der Waals surface area (Å²) in [5.41, 5.74) is 3.33. The van der Waals surface area contributed by atoms with Gasteiger partial charge in [0.2, 0.25) is 0 Å². The molecule has 4 rings (SSSR count). The van der Waals surface area contributed by atoms with Crippen LogP contribution >= 0.6 is 0 Å². The Morgan fingerprint density at radius 1 is 1.21 bits per heavy atom. The molecule has 0 bridgehead atoms. The summed E-state index contributed by atoms with van der Waals surface area (Å²) in [6.45, 7) is 2.71. The van der Waals surface area contributed by atoms with Gasteiger partial charge in [-0.3, -0.25) is 14.9 Å². The van der Waals surface area contributed by atoms with Crippen molar-refractivity contribution in [3.63, 3.8) is 0 Å². The van der Waals surface area contributed by atoms with Gasteiger partial charge in [0.1, 0.15) is 5.76 Å². The van der Waals surface area contributed by atoms with Crippen LogP contribution < -0.4 is 10.2 Å². The van der Waals surface area contributed by atoms with Gasteiger partial charge in [0.05, 0.1) is 23.3 Å². The van der Waals surface area contributed by atoms with Crippen LogP contribution in [0.4, 0.5) is 11.4 Å². The number of benzene rings is 2. The Kier molecular flexibility index (Phi) is 5.03. The van der Waals surface area contributed by atoms with Gasteiger partial charge in [-0.1, -0.05) is 36.4 Å². The van der Waals surface area contributed by atoms with Crippen molar-refractivity contribution >= 4 is 17.3 Å². The van der Waals surface area contributed by atoms with Gasteiger partial charge in [0, 0.05) is 29.9 Å². The van der Waals surface area contributed by atoms with Crippen molar-refractivity contribution in [1.29, 1.82) is 0 Å². The highest BCUT2D eigenvalue weighted by Crippen LogP contribution is 2.33. The highest BCUT2D eigenvalue weighted by Gasteiger charge is 2.28. The van der Waals surface area contributed by atoms with Gasteiger partial charge in [-0.15, -0.1) is 0 Å². The molecule has 2 aromatic carbocycles. The van der Waals surface area contributed by atoms with E-state index >= 15 is 0 Å². The molecule has 1 aliphatic rings. The summed E-state index contributed by atoms with van der Waals surface area (Å²) in [7, 11) is 0. The van der Waals surface area contributed by atoms with Crippen molar-refractivity contribution in [2.45, 2.75) is 32.5 Å². The fraction of sp³-hybridized carbons (Fsp3) is 0.227. The molecule has 1 N–H and O–H groups in total. The van der Waals surface area contributed by atoms with Crippen molar-refractivity contribution in [3.8, 4) is 0 Å². The average Bonchev–Trinajstić information content (AvgIpc) is 3.31. The minimum Gasteiger partial charge on any atom is -0.467 e. The molecule has 3 aromatic rings. The normalized spacial score (nSPS) is 15.2. The molecule has 0 radical (unpaired) electrons. The van der Waals surface area contributed by atoms with Crippen LogP contribution in [0.1, 0.15) is 34.2 Å². The number of carbonyl (C=O) groups excluding carboxylic acids is 1. The molecule has 0 saturated heterocycles. The average molecular weight is 391 g/mol. The van der Waals surface area contributed by atoms with E-state index in [1.54, 1.807) is 24.3 Å². The molecular formula is C22H21N3O4. The topological polar surface area (TPSA) is 88.6 Å². The third kappa shape index (κ3) is 3.71. The number of hydrogen-bond acceptors (Lipinski definition) is 5. The van der Waals surface area contributed by atoms with Gasteiger partial charge >= 0.3 is 0 Å². The lowest BCUT2D eigenvalue weighted by molar-refractivity contribution is -0.385. The maximum absolute atomic E-state index is 12.7. The Labute approximate surface area is 168 Å². The molecule has 1 atom stereocenters. The van der Waals surface area contributed by atoms with Gasteiger partial charge < -0.3 is 14.6 Å². The summed E-state index contributed by atoms with van der Waals surface area (Å²) in [6, 6.07) is 16.6. The van der Waals surface area contributed by atoms with Crippen LogP contribution in [0, 0.1) is 10.1 Å². The van der Waals surface area contributed by atoms with Crippen molar-refractivity contribution < 1.29 is 14.1 Å². The maximum atomic E-state index is 12.7. The van der Waals surface area contributed by atoms with Crippen LogP contribution in [-0.4, -0.2) is 16.9 Å². The predicted octanol–water partition coefficient (Wildman–Crippen LogP) is 4.07. The van der Waals surface area contributed by atoms with E-state index < -0.39 is 4.92 Å². The Bertz CT molecular complexity index is 1060. The predicted molar refractivity (Wildman–Crippen MR) is 109 cm³/mol. The zero-order valence-corrected chi connectivity index (χ0v) is 16.0. The zero-order chi connectivity index (χ0) is 20.4. The monoisotopic (exact) mass is 391 g/mol. The van der Waals surface area contributed by atoms with E-state index in [4.69, 9.17) is 4.42 Å². The smallest absolute Gasteiger partial charge is 0.274 e. The van der Waals surface area contributed by atoms with E-state index in [1.165, 1.54) is 17.9 Å². The summed E-state index contributed by atoms with van der Waals surface area (Å²) in [6.07, 6.45) is 2.46. The molecule has 29 heavy (non-hydrogen) atoms. The zero-order valence-electron chi connectivity index (χ0n) is 16.0. The molecule has 1 unspecified atom stereocenters. The second-order valence-corrected chi connectivity index (χ2v) is 7.14. The first-order valence-corrected chi connectivity index (χ1v) is 9.46. The highest BCUT2D eigenvalue weighted by molar-refractivity contribution is 5.95. The molecule has 7 heteroatoms. The molecule has 0 saturated carbocycles. The van der Waals surface area contributed by atoms with Crippen molar-refractivity contribution in [2.24, 2.45) is 0 Å². The second-order valence-electron chi connectivity index (χ2n) is 7.14. The molecule has 0 spiro atoms. The number of furan rings is 1. The van der Waals surface area contributed by atoms with Crippen LogP contribution in [0.15, 0.2) is 65.3 Å². The number of carbonyl (C=O) groups is 1. The lowest BCUT2D eigenvalue weighted by Crippen LogP contribution is -2.30. The Hall–Kier alpha value is -3.61. The summed E-state index contributed by atoms with van der Waals surface area (Å²) >= 11 is 0. The van der Waals surface area contributed by atoms with E-state index in [9.17, 15) is 14.9 Å². The molecule has 7 nitrogen and oxygen atoms in total. The molecule has 148 valence electrons.